The van der Waals surface area contributed by atoms with Gasteiger partial charge in [0.1, 0.15) is 5.82 Å². The number of hydrogen-bond acceptors (Lipinski definition) is 1. The Morgan fingerprint density at radius 3 is 2.71 bits per heavy atom. The van der Waals surface area contributed by atoms with Crippen LogP contribution >= 0.6 is 27.5 Å². The zero-order valence-electron chi connectivity index (χ0n) is 12.1. The van der Waals surface area contributed by atoms with Crippen LogP contribution in [-0.4, -0.2) is 6.54 Å². The lowest BCUT2D eigenvalue weighted by molar-refractivity contribution is 0.507. The van der Waals surface area contributed by atoms with Crippen molar-refractivity contribution in [2.45, 2.75) is 26.3 Å². The van der Waals surface area contributed by atoms with Gasteiger partial charge in [-0.05, 0) is 59.1 Å². The second-order valence-electron chi connectivity index (χ2n) is 5.05. The topological polar surface area (TPSA) is 12.0 Å². The summed E-state index contributed by atoms with van der Waals surface area (Å²) in [7, 11) is 0. The smallest absolute Gasteiger partial charge is 0.142 e. The molecule has 112 valence electrons. The molecule has 0 heterocycles. The summed E-state index contributed by atoms with van der Waals surface area (Å²) >= 11 is 9.55. The molecule has 1 nitrogen and oxygen atoms in total. The fourth-order valence-electron chi connectivity index (χ4n) is 2.37. The highest BCUT2D eigenvalue weighted by atomic mass is 79.9. The van der Waals surface area contributed by atoms with Crippen LogP contribution in [-0.2, 0) is 6.42 Å². The molecule has 0 aliphatic heterocycles. The Hall–Kier alpha value is -0.900. The highest BCUT2D eigenvalue weighted by Crippen LogP contribution is 2.28. The van der Waals surface area contributed by atoms with Gasteiger partial charge in [0.05, 0.1) is 4.47 Å². The first-order chi connectivity index (χ1) is 10.0. The molecule has 0 aliphatic rings. The third-order valence-corrected chi connectivity index (χ3v) is 4.40. The number of nitrogens with one attached hydrogen (secondary N) is 1. The van der Waals surface area contributed by atoms with Gasteiger partial charge in [-0.25, -0.2) is 4.39 Å². The Bertz CT molecular complexity index is 630. The third kappa shape index (κ3) is 4.06. The number of aryl methyl sites for hydroxylation is 1. The lowest BCUT2D eigenvalue weighted by Gasteiger charge is -2.20. The number of hydrogen-bond donors (Lipinski definition) is 1. The maximum absolute atomic E-state index is 14.3. The van der Waals surface area contributed by atoms with Crippen LogP contribution in [0.2, 0.25) is 5.02 Å². The zero-order chi connectivity index (χ0) is 15.4. The van der Waals surface area contributed by atoms with E-state index in [1.165, 1.54) is 0 Å². The summed E-state index contributed by atoms with van der Waals surface area (Å²) in [6.45, 7) is 4.78. The second-order valence-corrected chi connectivity index (χ2v) is 6.31. The van der Waals surface area contributed by atoms with Crippen LogP contribution in [0.4, 0.5) is 4.39 Å². The van der Waals surface area contributed by atoms with Gasteiger partial charge in [-0.2, -0.15) is 0 Å². The van der Waals surface area contributed by atoms with Gasteiger partial charge in [0.25, 0.3) is 0 Å². The molecule has 2 rings (SSSR count). The molecule has 0 aliphatic carbocycles. The minimum absolute atomic E-state index is 0.104. The summed E-state index contributed by atoms with van der Waals surface area (Å²) in [6.07, 6.45) is 0.653. The van der Waals surface area contributed by atoms with Gasteiger partial charge in [0, 0.05) is 16.6 Å². The van der Waals surface area contributed by atoms with E-state index >= 15 is 0 Å². The molecule has 2 aromatic rings. The minimum Gasteiger partial charge on any atom is -0.310 e. The summed E-state index contributed by atoms with van der Waals surface area (Å²) in [5.74, 6) is -0.216. The van der Waals surface area contributed by atoms with Crippen LogP contribution in [0.5, 0.6) is 0 Å². The molecule has 0 radical (unpaired) electrons. The molecule has 0 saturated heterocycles. The first-order valence-electron chi connectivity index (χ1n) is 6.95. The predicted octanol–water partition coefficient (Wildman–Crippen LogP) is 5.44. The lowest BCUT2D eigenvalue weighted by Crippen LogP contribution is -2.24. The van der Waals surface area contributed by atoms with E-state index in [1.54, 1.807) is 6.07 Å². The van der Waals surface area contributed by atoms with Crippen molar-refractivity contribution in [3.8, 4) is 0 Å². The maximum Gasteiger partial charge on any atom is 0.142 e. The van der Waals surface area contributed by atoms with E-state index in [1.807, 2.05) is 44.2 Å². The average molecular weight is 371 g/mol. The van der Waals surface area contributed by atoms with Crippen LogP contribution in [0.1, 0.15) is 29.7 Å². The summed E-state index contributed by atoms with van der Waals surface area (Å²) in [4.78, 5) is 0. The van der Waals surface area contributed by atoms with Gasteiger partial charge in [-0.15, -0.1) is 0 Å². The number of benzene rings is 2. The highest BCUT2D eigenvalue weighted by molar-refractivity contribution is 9.10. The van der Waals surface area contributed by atoms with Crippen molar-refractivity contribution in [2.75, 3.05) is 6.54 Å². The molecule has 4 heteroatoms. The number of likely N-dealkylation sites (N-methyl/N-ethyl adjacent to an activating group) is 1. The molecule has 1 N–H and O–H groups in total. The van der Waals surface area contributed by atoms with Gasteiger partial charge in [0.2, 0.25) is 0 Å². The van der Waals surface area contributed by atoms with Crippen molar-refractivity contribution >= 4 is 27.5 Å². The molecular weight excluding hydrogens is 353 g/mol. The van der Waals surface area contributed by atoms with E-state index in [0.29, 0.717) is 16.5 Å². The van der Waals surface area contributed by atoms with E-state index in [4.69, 9.17) is 11.6 Å². The first kappa shape index (κ1) is 16.5. The fraction of sp³-hybridized carbons (Fsp3) is 0.294. The van der Waals surface area contributed by atoms with Crippen molar-refractivity contribution in [1.82, 2.24) is 5.32 Å². The second kappa shape index (κ2) is 7.39. The minimum atomic E-state index is -0.216. The van der Waals surface area contributed by atoms with Crippen molar-refractivity contribution in [3.05, 3.63) is 68.4 Å². The van der Waals surface area contributed by atoms with Gasteiger partial charge < -0.3 is 5.32 Å². The third-order valence-electron chi connectivity index (χ3n) is 3.44. The Labute approximate surface area is 138 Å². The van der Waals surface area contributed by atoms with E-state index in [-0.39, 0.29) is 11.9 Å². The van der Waals surface area contributed by atoms with Crippen molar-refractivity contribution in [3.63, 3.8) is 0 Å². The van der Waals surface area contributed by atoms with Crippen LogP contribution in [0.15, 0.2) is 40.9 Å². The van der Waals surface area contributed by atoms with E-state index in [2.05, 4.69) is 21.2 Å². The fourth-order valence-corrected chi connectivity index (χ4v) is 3.06. The Morgan fingerprint density at radius 2 is 2.05 bits per heavy atom. The zero-order valence-corrected chi connectivity index (χ0v) is 14.4. The number of rotatable bonds is 5. The maximum atomic E-state index is 14.3. The summed E-state index contributed by atoms with van der Waals surface area (Å²) in [6, 6.07) is 11.3. The molecular formula is C17H18BrClFN. The average Bonchev–Trinajstić information content (AvgIpc) is 2.44. The van der Waals surface area contributed by atoms with Crippen molar-refractivity contribution < 1.29 is 4.39 Å². The Kier molecular flexibility index (Phi) is 5.80. The quantitative estimate of drug-likeness (QED) is 0.738. The largest absolute Gasteiger partial charge is 0.310 e. The first-order valence-corrected chi connectivity index (χ1v) is 8.12. The molecule has 2 aromatic carbocycles. The van der Waals surface area contributed by atoms with Gasteiger partial charge in [0.15, 0.2) is 0 Å². The number of halogens is 3. The van der Waals surface area contributed by atoms with E-state index in [0.717, 1.165) is 22.7 Å². The van der Waals surface area contributed by atoms with Crippen LogP contribution < -0.4 is 5.32 Å². The normalized spacial score (nSPS) is 12.4. The van der Waals surface area contributed by atoms with E-state index < -0.39 is 0 Å². The van der Waals surface area contributed by atoms with E-state index in [9.17, 15) is 4.39 Å². The molecule has 0 amide bonds. The molecule has 0 aromatic heterocycles. The van der Waals surface area contributed by atoms with Crippen molar-refractivity contribution in [2.24, 2.45) is 0 Å². The van der Waals surface area contributed by atoms with Crippen LogP contribution in [0, 0.1) is 12.7 Å². The van der Waals surface area contributed by atoms with Crippen molar-refractivity contribution in [1.29, 1.82) is 0 Å². The van der Waals surface area contributed by atoms with Gasteiger partial charge in [-0.3, -0.25) is 0 Å². The van der Waals surface area contributed by atoms with Gasteiger partial charge >= 0.3 is 0 Å². The van der Waals surface area contributed by atoms with Gasteiger partial charge in [-0.1, -0.05) is 42.8 Å². The molecule has 0 saturated carbocycles. The molecule has 1 unspecified atom stereocenters. The highest BCUT2D eigenvalue weighted by Gasteiger charge is 2.18. The summed E-state index contributed by atoms with van der Waals surface area (Å²) < 4.78 is 14.8. The molecule has 0 spiro atoms. The molecule has 1 atom stereocenters. The lowest BCUT2D eigenvalue weighted by atomic mass is 9.97. The SMILES string of the molecule is CCNC(Cc1ccc(C)cc1Cl)c1cccc(Br)c1F. The standard InChI is InChI=1S/C17H18BrClFN/c1-3-21-16(13-5-4-6-14(18)17(13)20)10-12-8-7-11(2)9-15(12)19/h4-9,16,21H,3,10H2,1-2H3. The summed E-state index contributed by atoms with van der Waals surface area (Å²) in [5, 5.41) is 4.07. The van der Waals surface area contributed by atoms with Crippen LogP contribution in [0.25, 0.3) is 0 Å². The van der Waals surface area contributed by atoms with Crippen LogP contribution in [0.3, 0.4) is 0 Å². The summed E-state index contributed by atoms with van der Waals surface area (Å²) in [5.41, 5.74) is 2.80. The molecule has 21 heavy (non-hydrogen) atoms. The Balaban J connectivity index is 2.33. The molecule has 0 bridgehead atoms. The molecule has 0 fully saturated rings. The Morgan fingerprint density at radius 1 is 1.29 bits per heavy atom. The monoisotopic (exact) mass is 369 g/mol. The predicted molar refractivity (Wildman–Crippen MR) is 90.4 cm³/mol.